The lowest BCUT2D eigenvalue weighted by Gasteiger charge is -1.98. The molecule has 1 aromatic rings. The van der Waals surface area contributed by atoms with Crippen molar-refractivity contribution in [3.05, 3.63) is 29.8 Å². The first-order valence-electron chi connectivity index (χ1n) is 3.73. The Morgan fingerprint density at radius 3 is 2.77 bits per heavy atom. The summed E-state index contributed by atoms with van der Waals surface area (Å²) < 4.78 is 12.9. The normalized spacial score (nSPS) is 9.69. The van der Waals surface area contributed by atoms with E-state index in [1.165, 1.54) is 13.1 Å². The predicted octanol–water partition coefficient (Wildman–Crippen LogP) is 1.38. The summed E-state index contributed by atoms with van der Waals surface area (Å²) >= 11 is 0. The molecular weight excluding hydrogens is 173 g/mol. The van der Waals surface area contributed by atoms with Gasteiger partial charge in [-0.1, -0.05) is 0 Å². The lowest BCUT2D eigenvalue weighted by atomic mass is 10.1. The van der Waals surface area contributed by atoms with Gasteiger partial charge in [0.25, 0.3) is 0 Å². The molecule has 1 aromatic heterocycles. The Morgan fingerprint density at radius 2 is 2.23 bits per heavy atom. The fourth-order valence-corrected chi connectivity index (χ4v) is 0.904. The number of hydrogen-bond acceptors (Lipinski definition) is 3. The Hall–Kier alpha value is -1.58. The van der Waals surface area contributed by atoms with Crippen LogP contribution in [0.2, 0.25) is 0 Å². The lowest BCUT2D eigenvalue weighted by Crippen LogP contribution is -2.07. The van der Waals surface area contributed by atoms with E-state index in [0.29, 0.717) is 0 Å². The van der Waals surface area contributed by atoms with Gasteiger partial charge in [-0.2, -0.15) is 0 Å². The van der Waals surface area contributed by atoms with Crippen molar-refractivity contribution in [2.24, 2.45) is 0 Å². The van der Waals surface area contributed by atoms with E-state index < -0.39 is 11.6 Å². The topological polar surface area (TPSA) is 47.0 Å². The molecule has 1 rings (SSSR count). The second kappa shape index (κ2) is 3.89. The third-order valence-corrected chi connectivity index (χ3v) is 1.48. The van der Waals surface area contributed by atoms with Crippen molar-refractivity contribution < 1.29 is 14.0 Å². The second-order valence-electron chi connectivity index (χ2n) is 2.66. The molecule has 0 N–H and O–H groups in total. The van der Waals surface area contributed by atoms with Gasteiger partial charge in [-0.05, 0) is 13.0 Å². The Kier molecular flexibility index (Phi) is 2.84. The number of aromatic nitrogens is 1. The van der Waals surface area contributed by atoms with Gasteiger partial charge in [0.15, 0.2) is 5.78 Å². The van der Waals surface area contributed by atoms with Crippen LogP contribution < -0.4 is 0 Å². The SMILES string of the molecule is CC(=O)CC(=O)c1cnccc1F. The van der Waals surface area contributed by atoms with Crippen LogP contribution in [-0.2, 0) is 4.79 Å². The molecule has 0 radical (unpaired) electrons. The minimum Gasteiger partial charge on any atom is -0.300 e. The molecule has 0 atom stereocenters. The number of halogens is 1. The van der Waals surface area contributed by atoms with Gasteiger partial charge in [0.2, 0.25) is 0 Å². The molecule has 0 unspecified atom stereocenters. The summed E-state index contributed by atoms with van der Waals surface area (Å²) in [7, 11) is 0. The molecule has 0 amide bonds. The van der Waals surface area contributed by atoms with Crippen LogP contribution in [0.3, 0.4) is 0 Å². The van der Waals surface area contributed by atoms with E-state index in [0.717, 1.165) is 12.3 Å². The highest BCUT2D eigenvalue weighted by molar-refractivity contribution is 6.07. The zero-order valence-electron chi connectivity index (χ0n) is 7.08. The molecule has 4 heteroatoms. The van der Waals surface area contributed by atoms with E-state index in [1.807, 2.05) is 0 Å². The number of rotatable bonds is 3. The third kappa shape index (κ3) is 2.43. The van der Waals surface area contributed by atoms with Crippen LogP contribution in [-0.4, -0.2) is 16.6 Å². The minimum atomic E-state index is -0.638. The Balaban J connectivity index is 2.89. The van der Waals surface area contributed by atoms with Gasteiger partial charge in [-0.25, -0.2) is 4.39 Å². The molecule has 0 aliphatic heterocycles. The monoisotopic (exact) mass is 181 g/mol. The van der Waals surface area contributed by atoms with E-state index in [2.05, 4.69) is 4.98 Å². The molecule has 0 spiro atoms. The van der Waals surface area contributed by atoms with Crippen LogP contribution in [0.4, 0.5) is 4.39 Å². The van der Waals surface area contributed by atoms with E-state index >= 15 is 0 Å². The molecule has 0 saturated carbocycles. The number of hydrogen-bond donors (Lipinski definition) is 0. The van der Waals surface area contributed by atoms with Crippen LogP contribution in [0.15, 0.2) is 18.5 Å². The fourth-order valence-electron chi connectivity index (χ4n) is 0.904. The van der Waals surface area contributed by atoms with Gasteiger partial charge in [-0.3, -0.25) is 14.6 Å². The summed E-state index contributed by atoms with van der Waals surface area (Å²) in [5.41, 5.74) is -0.127. The maximum atomic E-state index is 12.9. The summed E-state index contributed by atoms with van der Waals surface area (Å²) in [6.07, 6.45) is 2.10. The Bertz CT molecular complexity index is 349. The third-order valence-electron chi connectivity index (χ3n) is 1.48. The molecular formula is C9H8FNO2. The van der Waals surface area contributed by atoms with Gasteiger partial charge >= 0.3 is 0 Å². The van der Waals surface area contributed by atoms with Crippen molar-refractivity contribution in [2.45, 2.75) is 13.3 Å². The van der Waals surface area contributed by atoms with Crippen molar-refractivity contribution in [3.63, 3.8) is 0 Å². The first kappa shape index (κ1) is 9.51. The van der Waals surface area contributed by atoms with Crippen molar-refractivity contribution in [3.8, 4) is 0 Å². The Morgan fingerprint density at radius 1 is 1.54 bits per heavy atom. The fraction of sp³-hybridized carbons (Fsp3) is 0.222. The number of Topliss-reactive ketones (excluding diaryl/α,β-unsaturated/α-hetero) is 2. The number of carbonyl (C=O) groups is 2. The van der Waals surface area contributed by atoms with E-state index in [-0.39, 0.29) is 17.8 Å². The lowest BCUT2D eigenvalue weighted by molar-refractivity contribution is -0.116. The van der Waals surface area contributed by atoms with Gasteiger partial charge in [-0.15, -0.1) is 0 Å². The first-order chi connectivity index (χ1) is 6.11. The highest BCUT2D eigenvalue weighted by Gasteiger charge is 2.12. The van der Waals surface area contributed by atoms with Crippen LogP contribution >= 0.6 is 0 Å². The second-order valence-corrected chi connectivity index (χ2v) is 2.66. The van der Waals surface area contributed by atoms with E-state index in [9.17, 15) is 14.0 Å². The maximum Gasteiger partial charge on any atom is 0.174 e. The molecule has 0 aliphatic rings. The summed E-state index contributed by atoms with van der Waals surface area (Å²) in [5, 5.41) is 0. The standard InChI is InChI=1S/C9H8FNO2/c1-6(12)4-9(13)7-5-11-3-2-8(7)10/h2-3,5H,4H2,1H3. The molecule has 0 aromatic carbocycles. The summed E-state index contributed by atoms with van der Waals surface area (Å²) in [5.74, 6) is -1.45. The van der Waals surface area contributed by atoms with Gasteiger partial charge in [0.1, 0.15) is 11.6 Å². The first-order valence-corrected chi connectivity index (χ1v) is 3.73. The number of nitrogens with zero attached hydrogens (tertiary/aromatic N) is 1. The predicted molar refractivity (Wildman–Crippen MR) is 43.8 cm³/mol. The molecule has 13 heavy (non-hydrogen) atoms. The number of ketones is 2. The quantitative estimate of drug-likeness (QED) is 0.522. The zero-order valence-corrected chi connectivity index (χ0v) is 7.08. The van der Waals surface area contributed by atoms with Gasteiger partial charge in [0.05, 0.1) is 12.0 Å². The van der Waals surface area contributed by atoms with E-state index in [1.54, 1.807) is 0 Å². The molecule has 0 bridgehead atoms. The molecule has 0 saturated heterocycles. The summed E-state index contributed by atoms with van der Waals surface area (Å²) in [6.45, 7) is 1.28. The molecule has 0 fully saturated rings. The van der Waals surface area contributed by atoms with Gasteiger partial charge in [0, 0.05) is 12.4 Å². The highest BCUT2D eigenvalue weighted by atomic mass is 19.1. The van der Waals surface area contributed by atoms with Gasteiger partial charge < -0.3 is 0 Å². The summed E-state index contributed by atoms with van der Waals surface area (Å²) in [4.78, 5) is 25.4. The average molecular weight is 181 g/mol. The molecule has 0 aliphatic carbocycles. The molecule has 68 valence electrons. The number of carbonyl (C=O) groups excluding carboxylic acids is 2. The van der Waals surface area contributed by atoms with E-state index in [4.69, 9.17) is 0 Å². The molecule has 3 nitrogen and oxygen atoms in total. The smallest absolute Gasteiger partial charge is 0.174 e. The zero-order chi connectivity index (χ0) is 9.84. The Labute approximate surface area is 74.6 Å². The largest absolute Gasteiger partial charge is 0.300 e. The minimum absolute atomic E-state index is 0.127. The maximum absolute atomic E-state index is 12.9. The summed E-state index contributed by atoms with van der Waals surface area (Å²) in [6, 6.07) is 1.09. The van der Waals surface area contributed by atoms with Crippen LogP contribution in [0, 0.1) is 5.82 Å². The van der Waals surface area contributed by atoms with Crippen molar-refractivity contribution in [2.75, 3.05) is 0 Å². The number of pyridine rings is 1. The van der Waals surface area contributed by atoms with Crippen LogP contribution in [0.1, 0.15) is 23.7 Å². The van der Waals surface area contributed by atoms with Crippen molar-refractivity contribution >= 4 is 11.6 Å². The van der Waals surface area contributed by atoms with Crippen molar-refractivity contribution in [1.29, 1.82) is 0 Å². The van der Waals surface area contributed by atoms with Crippen LogP contribution in [0.25, 0.3) is 0 Å². The average Bonchev–Trinajstić information content (AvgIpc) is 2.03. The highest BCUT2D eigenvalue weighted by Crippen LogP contribution is 2.07. The van der Waals surface area contributed by atoms with Crippen LogP contribution in [0.5, 0.6) is 0 Å². The molecule has 1 heterocycles. The van der Waals surface area contributed by atoms with Crippen molar-refractivity contribution in [1.82, 2.24) is 4.98 Å².